The van der Waals surface area contributed by atoms with Crippen LogP contribution in [-0.4, -0.2) is 47.3 Å². The number of likely N-dealkylation sites (N-methyl/N-ethyl adjacent to an activating group) is 1. The molecule has 1 fully saturated rings. The van der Waals surface area contributed by atoms with Crippen molar-refractivity contribution in [1.29, 1.82) is 0 Å². The minimum atomic E-state index is -0.440. The summed E-state index contributed by atoms with van der Waals surface area (Å²) in [5.41, 5.74) is 0.0516. The van der Waals surface area contributed by atoms with Gasteiger partial charge in [-0.2, -0.15) is 0 Å². The Morgan fingerprint density at radius 1 is 1.50 bits per heavy atom. The Bertz CT molecular complexity index is 421. The Kier molecular flexibility index (Phi) is 3.78. The number of aliphatic hydroxyl groups excluding tert-OH is 1. The van der Waals surface area contributed by atoms with Crippen molar-refractivity contribution in [2.24, 2.45) is 0 Å². The molecule has 1 saturated heterocycles. The molecule has 0 saturated carbocycles. The van der Waals surface area contributed by atoms with Crippen LogP contribution in [0.3, 0.4) is 0 Å². The van der Waals surface area contributed by atoms with Crippen LogP contribution in [0.25, 0.3) is 0 Å². The van der Waals surface area contributed by atoms with Crippen LogP contribution < -0.4 is 4.74 Å². The van der Waals surface area contributed by atoms with Crippen molar-refractivity contribution in [3.05, 3.63) is 34.4 Å². The van der Waals surface area contributed by atoms with E-state index < -0.39 is 4.92 Å². The van der Waals surface area contributed by atoms with Gasteiger partial charge in [-0.1, -0.05) is 0 Å². The number of nitrogens with zero attached hydrogens (tertiary/aromatic N) is 2. The third-order valence-electron chi connectivity index (χ3n) is 3.16. The van der Waals surface area contributed by atoms with E-state index in [4.69, 9.17) is 4.74 Å². The van der Waals surface area contributed by atoms with Gasteiger partial charge in [-0.3, -0.25) is 15.0 Å². The lowest BCUT2D eigenvalue weighted by Gasteiger charge is -2.19. The number of likely N-dealkylation sites (tertiary alicyclic amines) is 1. The van der Waals surface area contributed by atoms with Gasteiger partial charge in [0.15, 0.2) is 0 Å². The van der Waals surface area contributed by atoms with Gasteiger partial charge in [-0.25, -0.2) is 0 Å². The maximum Gasteiger partial charge on any atom is 0.269 e. The average Bonchev–Trinajstić information content (AvgIpc) is 2.66. The molecule has 0 radical (unpaired) electrons. The third-order valence-corrected chi connectivity index (χ3v) is 3.16. The van der Waals surface area contributed by atoms with Crippen molar-refractivity contribution in [1.82, 2.24) is 4.90 Å². The highest BCUT2D eigenvalue weighted by Gasteiger charge is 2.28. The number of rotatable bonds is 4. The number of aliphatic hydroxyl groups is 1. The van der Waals surface area contributed by atoms with Crippen molar-refractivity contribution < 1.29 is 14.8 Å². The Morgan fingerprint density at radius 3 is 2.67 bits per heavy atom. The van der Waals surface area contributed by atoms with E-state index in [1.807, 2.05) is 7.05 Å². The topological polar surface area (TPSA) is 75.8 Å². The summed E-state index contributed by atoms with van der Waals surface area (Å²) in [6.07, 6.45) is 0.407. The Balaban J connectivity index is 1.88. The SMILES string of the molecule is CN1CC(O)CC1COc1ccc([N+](=O)[O-])cc1. The molecule has 98 valence electrons. The maximum absolute atomic E-state index is 10.5. The normalized spacial score (nSPS) is 24.1. The highest BCUT2D eigenvalue weighted by molar-refractivity contribution is 5.35. The molecule has 1 aliphatic rings. The monoisotopic (exact) mass is 252 g/mol. The molecule has 0 bridgehead atoms. The van der Waals surface area contributed by atoms with Crippen molar-refractivity contribution >= 4 is 5.69 Å². The Labute approximate surface area is 105 Å². The number of β-amino-alcohol motifs (C(OH)–C–C–N with tert-alkyl or cyclic N) is 1. The summed E-state index contributed by atoms with van der Waals surface area (Å²) >= 11 is 0. The van der Waals surface area contributed by atoms with Crippen molar-refractivity contribution in [2.45, 2.75) is 18.6 Å². The Hall–Kier alpha value is -1.66. The fourth-order valence-corrected chi connectivity index (χ4v) is 2.10. The van der Waals surface area contributed by atoms with Crippen LogP contribution in [0, 0.1) is 10.1 Å². The Morgan fingerprint density at radius 2 is 2.17 bits per heavy atom. The molecule has 0 aromatic heterocycles. The first-order chi connectivity index (χ1) is 8.56. The molecular formula is C12H16N2O4. The second-order valence-corrected chi connectivity index (χ2v) is 4.54. The number of hydrogen-bond acceptors (Lipinski definition) is 5. The average molecular weight is 252 g/mol. The van der Waals surface area contributed by atoms with Gasteiger partial charge >= 0.3 is 0 Å². The van der Waals surface area contributed by atoms with E-state index in [2.05, 4.69) is 4.90 Å². The first-order valence-corrected chi connectivity index (χ1v) is 5.82. The van der Waals surface area contributed by atoms with Crippen LogP contribution in [-0.2, 0) is 0 Å². The molecule has 1 aliphatic heterocycles. The highest BCUT2D eigenvalue weighted by Crippen LogP contribution is 2.20. The quantitative estimate of drug-likeness (QED) is 0.640. The lowest BCUT2D eigenvalue weighted by molar-refractivity contribution is -0.384. The van der Waals surface area contributed by atoms with Crippen molar-refractivity contribution in [3.8, 4) is 5.75 Å². The van der Waals surface area contributed by atoms with Gasteiger partial charge < -0.3 is 9.84 Å². The predicted molar refractivity (Wildman–Crippen MR) is 65.6 cm³/mol. The number of non-ortho nitro benzene ring substituents is 1. The van der Waals surface area contributed by atoms with Gasteiger partial charge in [-0.05, 0) is 25.6 Å². The molecule has 2 atom stereocenters. The van der Waals surface area contributed by atoms with Crippen molar-refractivity contribution in [2.75, 3.05) is 20.2 Å². The zero-order valence-corrected chi connectivity index (χ0v) is 10.2. The zero-order valence-electron chi connectivity index (χ0n) is 10.2. The van der Waals surface area contributed by atoms with E-state index in [0.29, 0.717) is 25.3 Å². The molecule has 18 heavy (non-hydrogen) atoms. The zero-order chi connectivity index (χ0) is 13.1. The van der Waals surface area contributed by atoms with Gasteiger partial charge in [0.1, 0.15) is 12.4 Å². The summed E-state index contributed by atoms with van der Waals surface area (Å²) in [6, 6.07) is 6.20. The molecule has 1 aromatic carbocycles. The van der Waals surface area contributed by atoms with Gasteiger partial charge in [0.05, 0.1) is 11.0 Å². The van der Waals surface area contributed by atoms with E-state index in [9.17, 15) is 15.2 Å². The number of ether oxygens (including phenoxy) is 1. The van der Waals surface area contributed by atoms with E-state index in [0.717, 1.165) is 0 Å². The van der Waals surface area contributed by atoms with Gasteiger partial charge in [0, 0.05) is 24.7 Å². The van der Waals surface area contributed by atoms with Crippen molar-refractivity contribution in [3.63, 3.8) is 0 Å². The van der Waals surface area contributed by atoms with Crippen LogP contribution in [0.5, 0.6) is 5.75 Å². The van der Waals surface area contributed by atoms with Gasteiger partial charge in [0.25, 0.3) is 5.69 Å². The van der Waals surface area contributed by atoms with E-state index in [-0.39, 0.29) is 17.8 Å². The number of benzene rings is 1. The summed E-state index contributed by atoms with van der Waals surface area (Å²) in [6.45, 7) is 1.14. The van der Waals surface area contributed by atoms with E-state index in [1.54, 1.807) is 12.1 Å². The molecule has 1 heterocycles. The lowest BCUT2D eigenvalue weighted by atomic mass is 10.2. The van der Waals surface area contributed by atoms with Crippen LogP contribution in [0.1, 0.15) is 6.42 Å². The number of nitro benzene ring substituents is 1. The second kappa shape index (κ2) is 5.32. The molecule has 6 nitrogen and oxygen atoms in total. The molecule has 1 aromatic rings. The fraction of sp³-hybridized carbons (Fsp3) is 0.500. The summed E-state index contributed by atoms with van der Waals surface area (Å²) in [4.78, 5) is 12.1. The minimum absolute atomic E-state index is 0.0516. The molecule has 0 aliphatic carbocycles. The minimum Gasteiger partial charge on any atom is -0.492 e. The molecule has 2 unspecified atom stereocenters. The smallest absolute Gasteiger partial charge is 0.269 e. The molecule has 2 rings (SSSR count). The third kappa shape index (κ3) is 2.96. The van der Waals surface area contributed by atoms with E-state index in [1.165, 1.54) is 12.1 Å². The maximum atomic E-state index is 10.5. The summed E-state index contributed by atoms with van der Waals surface area (Å²) in [7, 11) is 1.94. The second-order valence-electron chi connectivity index (χ2n) is 4.54. The van der Waals surface area contributed by atoms with Crippen LogP contribution >= 0.6 is 0 Å². The summed E-state index contributed by atoms with van der Waals surface area (Å²) < 4.78 is 5.57. The number of nitro groups is 1. The molecule has 0 spiro atoms. The molecule has 6 heteroatoms. The fourth-order valence-electron chi connectivity index (χ4n) is 2.10. The molecule has 1 N–H and O–H groups in total. The molecular weight excluding hydrogens is 236 g/mol. The highest BCUT2D eigenvalue weighted by atomic mass is 16.6. The molecule has 0 amide bonds. The number of hydrogen-bond donors (Lipinski definition) is 1. The van der Waals surface area contributed by atoms with Crippen LogP contribution in [0.15, 0.2) is 24.3 Å². The first-order valence-electron chi connectivity index (χ1n) is 5.82. The summed E-state index contributed by atoms with van der Waals surface area (Å²) in [5.74, 6) is 0.607. The standard InChI is InChI=1S/C12H16N2O4/c1-13-7-11(15)6-10(13)8-18-12-4-2-9(3-5-12)14(16)17/h2-5,10-11,15H,6-8H2,1H3. The largest absolute Gasteiger partial charge is 0.492 e. The summed E-state index contributed by atoms with van der Waals surface area (Å²) in [5, 5.41) is 20.0. The van der Waals surface area contributed by atoms with Crippen LogP contribution in [0.4, 0.5) is 5.69 Å². The van der Waals surface area contributed by atoms with Gasteiger partial charge in [-0.15, -0.1) is 0 Å². The van der Waals surface area contributed by atoms with Crippen LogP contribution in [0.2, 0.25) is 0 Å². The predicted octanol–water partition coefficient (Wildman–Crippen LogP) is 1.04. The lowest BCUT2D eigenvalue weighted by Crippen LogP contribution is -2.30. The first kappa shape index (κ1) is 12.8. The van der Waals surface area contributed by atoms with Gasteiger partial charge in [0.2, 0.25) is 0 Å². The van der Waals surface area contributed by atoms with E-state index >= 15 is 0 Å².